The molecule has 0 aliphatic heterocycles. The topological polar surface area (TPSA) is 14.2 Å². The summed E-state index contributed by atoms with van der Waals surface area (Å²) >= 11 is 0. The molecule has 1 aromatic carbocycles. The van der Waals surface area contributed by atoms with Crippen LogP contribution in [-0.4, -0.2) is 11.7 Å². The zero-order valence-corrected chi connectivity index (χ0v) is 10.2. The van der Waals surface area contributed by atoms with Crippen molar-refractivity contribution in [3.8, 4) is 5.75 Å². The molecule has 2 nitrogen and oxygen atoms in total. The van der Waals surface area contributed by atoms with Crippen LogP contribution in [0.25, 0.3) is 10.9 Å². The molecule has 16 heavy (non-hydrogen) atoms. The van der Waals surface area contributed by atoms with Gasteiger partial charge < -0.3 is 9.30 Å². The summed E-state index contributed by atoms with van der Waals surface area (Å²) in [5.41, 5.74) is 1.29. The molecule has 2 rings (SSSR count). The summed E-state index contributed by atoms with van der Waals surface area (Å²) in [6.07, 6.45) is 3.38. The fraction of sp³-hybridized carbons (Fsp3) is 0.429. The third-order valence-electron chi connectivity index (χ3n) is 3.18. The van der Waals surface area contributed by atoms with Gasteiger partial charge in [-0.1, -0.05) is 20.3 Å². The van der Waals surface area contributed by atoms with Crippen molar-refractivity contribution < 1.29 is 4.74 Å². The first-order valence-corrected chi connectivity index (χ1v) is 5.87. The van der Waals surface area contributed by atoms with E-state index in [9.17, 15) is 0 Å². The van der Waals surface area contributed by atoms with Crippen molar-refractivity contribution in [2.75, 3.05) is 7.11 Å². The number of ether oxygens (including phenoxy) is 1. The second-order valence-corrected chi connectivity index (χ2v) is 4.41. The highest BCUT2D eigenvalue weighted by Gasteiger charge is 2.05. The van der Waals surface area contributed by atoms with E-state index >= 15 is 0 Å². The number of hydrogen-bond acceptors (Lipinski definition) is 1. The van der Waals surface area contributed by atoms with E-state index in [1.54, 1.807) is 7.11 Å². The van der Waals surface area contributed by atoms with Crippen molar-refractivity contribution in [2.24, 2.45) is 5.92 Å². The smallest absolute Gasteiger partial charge is 0.119 e. The van der Waals surface area contributed by atoms with Gasteiger partial charge in [-0.3, -0.25) is 0 Å². The standard InChI is InChI=1S/C14H19NO/c1-4-11(2)10-15-8-7-12-9-13(16-3)5-6-14(12)15/h5-9,11H,4,10H2,1-3H3. The molecule has 1 atom stereocenters. The lowest BCUT2D eigenvalue weighted by molar-refractivity contribution is 0.415. The predicted octanol–water partition coefficient (Wildman–Crippen LogP) is 3.70. The molecule has 0 fully saturated rings. The molecule has 0 spiro atoms. The van der Waals surface area contributed by atoms with E-state index in [4.69, 9.17) is 4.74 Å². The molecule has 0 radical (unpaired) electrons. The Kier molecular flexibility index (Phi) is 3.18. The minimum Gasteiger partial charge on any atom is -0.497 e. The van der Waals surface area contributed by atoms with Gasteiger partial charge in [0, 0.05) is 23.6 Å². The van der Waals surface area contributed by atoms with Gasteiger partial charge in [0.25, 0.3) is 0 Å². The van der Waals surface area contributed by atoms with Crippen molar-refractivity contribution in [1.29, 1.82) is 0 Å². The van der Waals surface area contributed by atoms with Gasteiger partial charge in [0.05, 0.1) is 7.11 Å². The number of nitrogens with zero attached hydrogens (tertiary/aromatic N) is 1. The fourth-order valence-electron chi connectivity index (χ4n) is 1.93. The Morgan fingerprint density at radius 2 is 2.12 bits per heavy atom. The van der Waals surface area contributed by atoms with Gasteiger partial charge in [0.2, 0.25) is 0 Å². The van der Waals surface area contributed by atoms with Gasteiger partial charge >= 0.3 is 0 Å². The molecule has 0 aliphatic rings. The Hall–Kier alpha value is -1.44. The van der Waals surface area contributed by atoms with Crippen molar-refractivity contribution in [1.82, 2.24) is 4.57 Å². The van der Waals surface area contributed by atoms with Crippen LogP contribution in [0.15, 0.2) is 30.5 Å². The number of rotatable bonds is 4. The van der Waals surface area contributed by atoms with Crippen LogP contribution < -0.4 is 4.74 Å². The summed E-state index contributed by atoms with van der Waals surface area (Å²) in [4.78, 5) is 0. The van der Waals surface area contributed by atoms with E-state index in [1.807, 2.05) is 6.07 Å². The molecule has 86 valence electrons. The van der Waals surface area contributed by atoms with Gasteiger partial charge in [0.15, 0.2) is 0 Å². The highest BCUT2D eigenvalue weighted by molar-refractivity contribution is 5.81. The zero-order valence-electron chi connectivity index (χ0n) is 10.2. The summed E-state index contributed by atoms with van der Waals surface area (Å²) in [5.74, 6) is 1.64. The number of methoxy groups -OCH3 is 1. The maximum absolute atomic E-state index is 5.22. The van der Waals surface area contributed by atoms with Crippen LogP contribution >= 0.6 is 0 Å². The lowest BCUT2D eigenvalue weighted by atomic mass is 10.1. The van der Waals surface area contributed by atoms with Gasteiger partial charge in [0.1, 0.15) is 5.75 Å². The first kappa shape index (κ1) is 11.1. The molecule has 0 saturated heterocycles. The van der Waals surface area contributed by atoms with Crippen LogP contribution in [0.5, 0.6) is 5.75 Å². The van der Waals surface area contributed by atoms with Crippen LogP contribution in [0, 0.1) is 5.92 Å². The number of benzene rings is 1. The van der Waals surface area contributed by atoms with Crippen molar-refractivity contribution in [3.05, 3.63) is 30.5 Å². The quantitative estimate of drug-likeness (QED) is 0.761. The molecule has 0 aliphatic carbocycles. The highest BCUT2D eigenvalue weighted by Crippen LogP contribution is 2.22. The minimum absolute atomic E-state index is 0.720. The van der Waals surface area contributed by atoms with Crippen LogP contribution in [0.4, 0.5) is 0 Å². The maximum atomic E-state index is 5.22. The minimum atomic E-state index is 0.720. The summed E-state index contributed by atoms with van der Waals surface area (Å²) in [7, 11) is 1.71. The largest absolute Gasteiger partial charge is 0.497 e. The number of hydrogen-bond donors (Lipinski definition) is 0. The number of fused-ring (bicyclic) bond motifs is 1. The molecule has 1 aromatic heterocycles. The fourth-order valence-corrected chi connectivity index (χ4v) is 1.93. The molecule has 2 aromatic rings. The van der Waals surface area contributed by atoms with Gasteiger partial charge in [-0.25, -0.2) is 0 Å². The first-order valence-electron chi connectivity index (χ1n) is 5.87. The lowest BCUT2D eigenvalue weighted by Crippen LogP contribution is -2.04. The Morgan fingerprint density at radius 3 is 2.81 bits per heavy atom. The molecule has 1 unspecified atom stereocenters. The van der Waals surface area contributed by atoms with Crippen molar-refractivity contribution in [3.63, 3.8) is 0 Å². The average Bonchev–Trinajstić information content (AvgIpc) is 2.71. The van der Waals surface area contributed by atoms with Crippen LogP contribution in [0.3, 0.4) is 0 Å². The third-order valence-corrected chi connectivity index (χ3v) is 3.18. The van der Waals surface area contributed by atoms with Gasteiger partial charge in [-0.05, 0) is 30.2 Å². The second kappa shape index (κ2) is 4.60. The van der Waals surface area contributed by atoms with E-state index in [0.717, 1.165) is 18.2 Å². The van der Waals surface area contributed by atoms with Crippen LogP contribution in [0.1, 0.15) is 20.3 Å². The summed E-state index contributed by atoms with van der Waals surface area (Å²) in [6, 6.07) is 8.40. The van der Waals surface area contributed by atoms with E-state index in [1.165, 1.54) is 17.3 Å². The Bertz CT molecular complexity index is 473. The van der Waals surface area contributed by atoms with E-state index in [0.29, 0.717) is 0 Å². The summed E-state index contributed by atoms with van der Waals surface area (Å²) in [5, 5.41) is 1.25. The van der Waals surface area contributed by atoms with Gasteiger partial charge in [-0.2, -0.15) is 0 Å². The highest BCUT2D eigenvalue weighted by atomic mass is 16.5. The Labute approximate surface area is 96.8 Å². The second-order valence-electron chi connectivity index (χ2n) is 4.41. The SMILES string of the molecule is CCC(C)Cn1ccc2cc(OC)ccc21. The van der Waals surface area contributed by atoms with Crippen LogP contribution in [0.2, 0.25) is 0 Å². The monoisotopic (exact) mass is 217 g/mol. The molecular weight excluding hydrogens is 198 g/mol. The van der Waals surface area contributed by atoms with Crippen molar-refractivity contribution >= 4 is 10.9 Å². The molecule has 0 amide bonds. The molecule has 0 bridgehead atoms. The molecule has 0 N–H and O–H groups in total. The van der Waals surface area contributed by atoms with Gasteiger partial charge in [-0.15, -0.1) is 0 Å². The maximum Gasteiger partial charge on any atom is 0.119 e. The Balaban J connectivity index is 2.34. The Morgan fingerprint density at radius 1 is 1.31 bits per heavy atom. The normalized spacial score (nSPS) is 12.9. The zero-order chi connectivity index (χ0) is 11.5. The number of aromatic nitrogens is 1. The molecule has 2 heteroatoms. The van der Waals surface area contributed by atoms with Crippen molar-refractivity contribution in [2.45, 2.75) is 26.8 Å². The van der Waals surface area contributed by atoms with E-state index in [2.05, 4.69) is 42.8 Å². The molecular formula is C14H19NO. The van der Waals surface area contributed by atoms with E-state index < -0.39 is 0 Å². The van der Waals surface area contributed by atoms with E-state index in [-0.39, 0.29) is 0 Å². The average molecular weight is 217 g/mol. The third kappa shape index (κ3) is 2.06. The molecule has 0 saturated carbocycles. The predicted molar refractivity (Wildman–Crippen MR) is 67.9 cm³/mol. The molecule has 1 heterocycles. The van der Waals surface area contributed by atoms with Crippen LogP contribution in [-0.2, 0) is 6.54 Å². The first-order chi connectivity index (χ1) is 7.74. The summed E-state index contributed by atoms with van der Waals surface area (Å²) < 4.78 is 7.55. The lowest BCUT2D eigenvalue weighted by Gasteiger charge is -2.11. The summed E-state index contributed by atoms with van der Waals surface area (Å²) in [6.45, 7) is 5.61.